The van der Waals surface area contributed by atoms with Gasteiger partial charge in [-0.25, -0.2) is 0 Å². The van der Waals surface area contributed by atoms with E-state index in [4.69, 9.17) is 0 Å². The van der Waals surface area contributed by atoms with Crippen molar-refractivity contribution in [2.24, 2.45) is 11.8 Å². The highest BCUT2D eigenvalue weighted by Crippen LogP contribution is 2.38. The van der Waals surface area contributed by atoms with Gasteiger partial charge in [0.1, 0.15) is 0 Å². The first-order chi connectivity index (χ1) is 8.29. The van der Waals surface area contributed by atoms with Crippen LogP contribution >= 0.6 is 0 Å². The number of fused-ring (bicyclic) bond motifs is 2. The van der Waals surface area contributed by atoms with Crippen molar-refractivity contribution in [3.63, 3.8) is 0 Å². The highest BCUT2D eigenvalue weighted by molar-refractivity contribution is 6.15. The second-order valence-corrected chi connectivity index (χ2v) is 5.13. The predicted octanol–water partition coefficient (Wildman–Crippen LogP) is 3.26. The smallest absolute Gasteiger partial charge is 0.167 e. The van der Waals surface area contributed by atoms with Crippen LogP contribution in [0.3, 0.4) is 0 Å². The summed E-state index contributed by atoms with van der Waals surface area (Å²) in [6, 6.07) is 7.30. The van der Waals surface area contributed by atoms with Gasteiger partial charge in [-0.3, -0.25) is 9.59 Å². The molecule has 1 saturated carbocycles. The molecule has 1 aromatic rings. The highest BCUT2D eigenvalue weighted by Gasteiger charge is 2.41. The van der Waals surface area contributed by atoms with Crippen LogP contribution in [0.5, 0.6) is 0 Å². The van der Waals surface area contributed by atoms with Crippen LogP contribution in [-0.2, 0) is 0 Å². The van der Waals surface area contributed by atoms with Crippen LogP contribution in [0.15, 0.2) is 24.3 Å². The zero-order chi connectivity index (χ0) is 11.8. The fraction of sp³-hybridized carbons (Fsp3) is 0.467. The number of hydrogen-bond donors (Lipinski definition) is 0. The topological polar surface area (TPSA) is 34.1 Å². The third-order valence-electron chi connectivity index (χ3n) is 4.15. The van der Waals surface area contributed by atoms with E-state index in [1.165, 1.54) is 0 Å². The van der Waals surface area contributed by atoms with E-state index in [2.05, 4.69) is 0 Å². The van der Waals surface area contributed by atoms with Gasteiger partial charge in [-0.2, -0.15) is 0 Å². The molecule has 1 fully saturated rings. The Morgan fingerprint density at radius 3 is 1.71 bits per heavy atom. The summed E-state index contributed by atoms with van der Waals surface area (Å²) in [6.45, 7) is 0. The molecule has 0 bridgehead atoms. The molecule has 88 valence electrons. The van der Waals surface area contributed by atoms with E-state index in [1.807, 2.05) is 12.1 Å². The van der Waals surface area contributed by atoms with E-state index in [1.54, 1.807) is 12.1 Å². The van der Waals surface area contributed by atoms with Crippen LogP contribution in [0.2, 0.25) is 0 Å². The molecule has 1 aromatic carbocycles. The van der Waals surface area contributed by atoms with E-state index in [-0.39, 0.29) is 23.4 Å². The highest BCUT2D eigenvalue weighted by atomic mass is 16.1. The van der Waals surface area contributed by atoms with Crippen LogP contribution in [0.4, 0.5) is 0 Å². The van der Waals surface area contributed by atoms with Gasteiger partial charge in [-0.1, -0.05) is 43.5 Å². The van der Waals surface area contributed by atoms with Crippen LogP contribution in [0.25, 0.3) is 0 Å². The summed E-state index contributed by atoms with van der Waals surface area (Å²) in [5.41, 5.74) is 1.31. The van der Waals surface area contributed by atoms with Crippen molar-refractivity contribution >= 4 is 11.6 Å². The average molecular weight is 228 g/mol. The molecule has 0 saturated heterocycles. The van der Waals surface area contributed by atoms with Crippen molar-refractivity contribution in [3.05, 3.63) is 35.4 Å². The lowest BCUT2D eigenvalue weighted by Crippen LogP contribution is -2.35. The number of carbonyl (C=O) groups excluding carboxylic acids is 2. The van der Waals surface area contributed by atoms with E-state index < -0.39 is 0 Å². The minimum Gasteiger partial charge on any atom is -0.294 e. The first kappa shape index (κ1) is 10.7. The molecular formula is C15H16O2. The first-order valence-corrected chi connectivity index (χ1v) is 6.46. The largest absolute Gasteiger partial charge is 0.294 e. The van der Waals surface area contributed by atoms with Gasteiger partial charge in [0.05, 0.1) is 0 Å². The summed E-state index contributed by atoms with van der Waals surface area (Å²) in [4.78, 5) is 24.8. The zero-order valence-corrected chi connectivity index (χ0v) is 9.82. The zero-order valence-electron chi connectivity index (χ0n) is 9.82. The predicted molar refractivity (Wildman–Crippen MR) is 65.2 cm³/mol. The average Bonchev–Trinajstić information content (AvgIpc) is 2.62. The minimum absolute atomic E-state index is 0.0418. The third-order valence-corrected chi connectivity index (χ3v) is 4.15. The molecule has 2 heteroatoms. The summed E-state index contributed by atoms with van der Waals surface area (Å²) in [5.74, 6) is 0.319. The summed E-state index contributed by atoms with van der Waals surface area (Å²) in [6.07, 6.45) is 5.11. The quantitative estimate of drug-likeness (QED) is 0.683. The molecular weight excluding hydrogens is 212 g/mol. The van der Waals surface area contributed by atoms with Crippen molar-refractivity contribution < 1.29 is 9.59 Å². The molecule has 2 unspecified atom stereocenters. The Hall–Kier alpha value is -1.44. The maximum absolute atomic E-state index is 12.4. The number of benzene rings is 1. The number of rotatable bonds is 0. The standard InChI is InChI=1S/C15H16O2/c16-14-10-6-2-1-3-7-11(10)15(17)13-9-5-4-8-12(13)14/h4-5,8-11H,1-3,6-7H2. The first-order valence-electron chi connectivity index (χ1n) is 6.46. The van der Waals surface area contributed by atoms with Gasteiger partial charge < -0.3 is 0 Å². The monoisotopic (exact) mass is 228 g/mol. The van der Waals surface area contributed by atoms with Crippen LogP contribution < -0.4 is 0 Å². The molecule has 2 aliphatic rings. The lowest BCUT2D eigenvalue weighted by atomic mass is 9.72. The second kappa shape index (κ2) is 4.10. The Kier molecular flexibility index (Phi) is 2.58. The fourth-order valence-electron chi connectivity index (χ4n) is 3.25. The Morgan fingerprint density at radius 1 is 0.765 bits per heavy atom. The van der Waals surface area contributed by atoms with Crippen molar-refractivity contribution in [2.75, 3.05) is 0 Å². The van der Waals surface area contributed by atoms with Crippen molar-refractivity contribution in [1.29, 1.82) is 0 Å². The van der Waals surface area contributed by atoms with Gasteiger partial charge in [0.25, 0.3) is 0 Å². The van der Waals surface area contributed by atoms with Gasteiger partial charge >= 0.3 is 0 Å². The SMILES string of the molecule is O=C1c2ccccc2C(=O)C2CCCCCC12. The number of ketones is 2. The minimum atomic E-state index is -0.0418. The molecule has 0 radical (unpaired) electrons. The Labute approximate surface area is 101 Å². The number of carbonyl (C=O) groups is 2. The summed E-state index contributed by atoms with van der Waals surface area (Å²) >= 11 is 0. The van der Waals surface area contributed by atoms with Gasteiger partial charge in [0.2, 0.25) is 0 Å². The number of hydrogen-bond acceptors (Lipinski definition) is 2. The molecule has 0 heterocycles. The third kappa shape index (κ3) is 1.63. The Bertz CT molecular complexity index is 433. The Balaban J connectivity index is 2.09. The maximum Gasteiger partial charge on any atom is 0.167 e. The molecule has 0 N–H and O–H groups in total. The molecule has 0 aromatic heterocycles. The molecule has 2 aliphatic carbocycles. The second-order valence-electron chi connectivity index (χ2n) is 5.13. The maximum atomic E-state index is 12.4. The van der Waals surface area contributed by atoms with E-state index in [0.29, 0.717) is 11.1 Å². The molecule has 17 heavy (non-hydrogen) atoms. The lowest BCUT2D eigenvalue weighted by molar-refractivity contribution is 0.0724. The van der Waals surface area contributed by atoms with Gasteiger partial charge in [-0.05, 0) is 12.8 Å². The van der Waals surface area contributed by atoms with Crippen molar-refractivity contribution in [3.8, 4) is 0 Å². The van der Waals surface area contributed by atoms with E-state index in [0.717, 1.165) is 32.1 Å². The molecule has 2 atom stereocenters. The van der Waals surface area contributed by atoms with E-state index in [9.17, 15) is 9.59 Å². The van der Waals surface area contributed by atoms with Gasteiger partial charge in [0, 0.05) is 23.0 Å². The fourth-order valence-corrected chi connectivity index (χ4v) is 3.25. The van der Waals surface area contributed by atoms with Gasteiger partial charge in [-0.15, -0.1) is 0 Å². The van der Waals surface area contributed by atoms with Crippen molar-refractivity contribution in [2.45, 2.75) is 32.1 Å². The van der Waals surface area contributed by atoms with Crippen LogP contribution in [0.1, 0.15) is 52.8 Å². The summed E-state index contributed by atoms with van der Waals surface area (Å²) in [7, 11) is 0. The molecule has 2 nitrogen and oxygen atoms in total. The van der Waals surface area contributed by atoms with Gasteiger partial charge in [0.15, 0.2) is 11.6 Å². The lowest BCUT2D eigenvalue weighted by Gasteiger charge is -2.29. The van der Waals surface area contributed by atoms with Crippen LogP contribution in [-0.4, -0.2) is 11.6 Å². The molecule has 0 aliphatic heterocycles. The van der Waals surface area contributed by atoms with Crippen LogP contribution in [0, 0.1) is 11.8 Å². The summed E-state index contributed by atoms with van der Waals surface area (Å²) < 4.78 is 0. The summed E-state index contributed by atoms with van der Waals surface area (Å²) in [5, 5.41) is 0. The van der Waals surface area contributed by atoms with E-state index >= 15 is 0 Å². The normalized spacial score (nSPS) is 28.2. The molecule has 3 rings (SSSR count). The number of Topliss-reactive ketones (excluding diaryl/α,β-unsaturated/α-hetero) is 2. The van der Waals surface area contributed by atoms with Crippen molar-refractivity contribution in [1.82, 2.24) is 0 Å². The Morgan fingerprint density at radius 2 is 1.24 bits per heavy atom. The molecule has 0 amide bonds. The molecule has 0 spiro atoms.